The number of thioether (sulfide) groups is 1. The Morgan fingerprint density at radius 2 is 1.94 bits per heavy atom. The molecule has 0 amide bonds. The van der Waals surface area contributed by atoms with Crippen LogP contribution in [0.3, 0.4) is 0 Å². The molecule has 0 saturated carbocycles. The molecule has 0 aliphatic rings. The van der Waals surface area contributed by atoms with Crippen molar-refractivity contribution >= 4 is 11.8 Å². The molecule has 0 aliphatic carbocycles. The maximum absolute atomic E-state index is 13.4. The van der Waals surface area contributed by atoms with E-state index in [0.717, 1.165) is 17.7 Å². The van der Waals surface area contributed by atoms with Gasteiger partial charge in [-0.2, -0.15) is 0 Å². The van der Waals surface area contributed by atoms with E-state index in [1.807, 2.05) is 13.8 Å². The first-order valence-electron chi connectivity index (χ1n) is 5.94. The lowest BCUT2D eigenvalue weighted by molar-refractivity contribution is 0.577. The molecular weight excluding hydrogens is 238 g/mol. The fourth-order valence-electron chi connectivity index (χ4n) is 1.45. The van der Waals surface area contributed by atoms with Crippen LogP contribution >= 0.6 is 11.8 Å². The molecule has 0 fully saturated rings. The van der Waals surface area contributed by atoms with Gasteiger partial charge in [-0.15, -0.1) is 11.8 Å². The van der Waals surface area contributed by atoms with Crippen LogP contribution in [-0.2, 0) is 0 Å². The molecule has 94 valence electrons. The van der Waals surface area contributed by atoms with Crippen LogP contribution < -0.4 is 0 Å². The van der Waals surface area contributed by atoms with E-state index in [-0.39, 0.29) is 16.9 Å². The fraction of sp³-hybridized carbons (Fsp3) is 0.429. The summed E-state index contributed by atoms with van der Waals surface area (Å²) in [7, 11) is 0. The van der Waals surface area contributed by atoms with Crippen molar-refractivity contribution in [2.24, 2.45) is 0 Å². The number of rotatable bonds is 6. The first kappa shape index (κ1) is 14.2. The number of benzene rings is 1. The van der Waals surface area contributed by atoms with Crippen molar-refractivity contribution in [3.63, 3.8) is 0 Å². The highest BCUT2D eigenvalue weighted by atomic mass is 32.2. The summed E-state index contributed by atoms with van der Waals surface area (Å²) < 4.78 is 26.1. The molecule has 0 radical (unpaired) electrons. The van der Waals surface area contributed by atoms with Crippen molar-refractivity contribution in [1.82, 2.24) is 0 Å². The lowest BCUT2D eigenvalue weighted by Crippen LogP contribution is -1.96. The molecule has 1 unspecified atom stereocenters. The second-order valence-electron chi connectivity index (χ2n) is 3.88. The molecule has 17 heavy (non-hydrogen) atoms. The molecule has 0 N–H and O–H groups in total. The van der Waals surface area contributed by atoms with Gasteiger partial charge in [-0.25, -0.2) is 8.78 Å². The maximum atomic E-state index is 13.4. The SMILES string of the molecule is CCC/C(F)=C\C(CC)Sc1ccc(F)cc1. The van der Waals surface area contributed by atoms with Gasteiger partial charge in [0, 0.05) is 10.1 Å². The summed E-state index contributed by atoms with van der Waals surface area (Å²) in [4.78, 5) is 0.971. The molecule has 0 spiro atoms. The minimum atomic E-state index is -0.241. The van der Waals surface area contributed by atoms with Gasteiger partial charge in [0.15, 0.2) is 0 Å². The average molecular weight is 256 g/mol. The van der Waals surface area contributed by atoms with Crippen LogP contribution in [0.5, 0.6) is 0 Å². The Labute approximate surface area is 106 Å². The topological polar surface area (TPSA) is 0 Å². The highest BCUT2D eigenvalue weighted by Crippen LogP contribution is 2.27. The number of allylic oxidation sites excluding steroid dienone is 1. The molecule has 1 atom stereocenters. The summed E-state index contributed by atoms with van der Waals surface area (Å²) in [5, 5.41) is 0.118. The largest absolute Gasteiger partial charge is 0.212 e. The fourth-order valence-corrected chi connectivity index (χ4v) is 2.47. The van der Waals surface area contributed by atoms with Gasteiger partial charge in [0.25, 0.3) is 0 Å². The molecule has 1 rings (SSSR count). The van der Waals surface area contributed by atoms with Gasteiger partial charge in [0.2, 0.25) is 0 Å². The minimum Gasteiger partial charge on any atom is -0.212 e. The van der Waals surface area contributed by atoms with E-state index in [2.05, 4.69) is 0 Å². The van der Waals surface area contributed by atoms with Gasteiger partial charge in [0.05, 0.1) is 5.83 Å². The molecule has 1 aromatic rings. The van der Waals surface area contributed by atoms with E-state index in [9.17, 15) is 8.78 Å². The lowest BCUT2D eigenvalue weighted by atomic mass is 10.2. The molecule has 0 heterocycles. The van der Waals surface area contributed by atoms with Crippen LogP contribution in [0.15, 0.2) is 41.1 Å². The third-order valence-corrected chi connectivity index (χ3v) is 3.68. The first-order valence-corrected chi connectivity index (χ1v) is 6.82. The highest BCUT2D eigenvalue weighted by molar-refractivity contribution is 8.00. The Bertz CT molecular complexity index is 357. The number of halogens is 2. The first-order chi connectivity index (χ1) is 8.15. The van der Waals surface area contributed by atoms with Crippen LogP contribution in [0.4, 0.5) is 8.78 Å². The van der Waals surface area contributed by atoms with Crippen LogP contribution in [-0.4, -0.2) is 5.25 Å². The number of hydrogen-bond donors (Lipinski definition) is 0. The van der Waals surface area contributed by atoms with E-state index >= 15 is 0 Å². The lowest BCUT2D eigenvalue weighted by Gasteiger charge is -2.10. The van der Waals surface area contributed by atoms with Crippen LogP contribution in [0.2, 0.25) is 0 Å². The molecular formula is C14H18F2S. The molecule has 0 aliphatic heterocycles. The summed E-state index contributed by atoms with van der Waals surface area (Å²) in [6, 6.07) is 6.32. The minimum absolute atomic E-state index is 0.0473. The highest BCUT2D eigenvalue weighted by Gasteiger charge is 2.07. The van der Waals surface area contributed by atoms with Crippen molar-refractivity contribution in [3.05, 3.63) is 42.0 Å². The average Bonchev–Trinajstić information content (AvgIpc) is 2.31. The second-order valence-corrected chi connectivity index (χ2v) is 5.19. The predicted molar refractivity (Wildman–Crippen MR) is 70.4 cm³/mol. The Morgan fingerprint density at radius 1 is 1.29 bits per heavy atom. The molecule has 0 bridgehead atoms. The van der Waals surface area contributed by atoms with Gasteiger partial charge in [-0.3, -0.25) is 0 Å². The smallest absolute Gasteiger partial charge is 0.123 e. The van der Waals surface area contributed by atoms with Crippen molar-refractivity contribution in [1.29, 1.82) is 0 Å². The molecule has 0 aromatic heterocycles. The zero-order valence-electron chi connectivity index (χ0n) is 10.2. The molecule has 0 nitrogen and oxygen atoms in total. The summed E-state index contributed by atoms with van der Waals surface area (Å²) >= 11 is 1.57. The van der Waals surface area contributed by atoms with Crippen molar-refractivity contribution in [3.8, 4) is 0 Å². The van der Waals surface area contributed by atoms with Crippen molar-refractivity contribution < 1.29 is 8.78 Å². The van der Waals surface area contributed by atoms with Crippen molar-refractivity contribution in [2.45, 2.75) is 43.3 Å². The standard InChI is InChI=1S/C14H18F2S/c1-3-5-12(16)10-13(4-2)17-14-8-6-11(15)7-9-14/h6-10,13H,3-5H2,1-2H3/b12-10+. The van der Waals surface area contributed by atoms with Crippen molar-refractivity contribution in [2.75, 3.05) is 0 Å². The molecule has 0 saturated heterocycles. The Kier molecular flexibility index (Phi) is 6.27. The van der Waals surface area contributed by atoms with Crippen LogP contribution in [0, 0.1) is 5.82 Å². The summed E-state index contributed by atoms with van der Waals surface area (Å²) in [6.07, 6.45) is 3.86. The van der Waals surface area contributed by atoms with Gasteiger partial charge >= 0.3 is 0 Å². The summed E-state index contributed by atoms with van der Waals surface area (Å²) in [5.74, 6) is -0.288. The van der Waals surface area contributed by atoms with E-state index in [1.165, 1.54) is 12.1 Å². The van der Waals surface area contributed by atoms with Crippen LogP contribution in [0.25, 0.3) is 0 Å². The van der Waals surface area contributed by atoms with E-state index < -0.39 is 0 Å². The normalized spacial score (nSPS) is 13.8. The monoisotopic (exact) mass is 256 g/mol. The Morgan fingerprint density at radius 3 is 2.47 bits per heavy atom. The third-order valence-electron chi connectivity index (χ3n) is 2.36. The van der Waals surface area contributed by atoms with Gasteiger partial charge in [-0.05, 0) is 49.6 Å². The van der Waals surface area contributed by atoms with Crippen LogP contribution in [0.1, 0.15) is 33.1 Å². The van der Waals surface area contributed by atoms with E-state index in [1.54, 1.807) is 30.0 Å². The Balaban J connectivity index is 2.63. The number of hydrogen-bond acceptors (Lipinski definition) is 1. The predicted octanol–water partition coefficient (Wildman–Crippen LogP) is 5.35. The maximum Gasteiger partial charge on any atom is 0.123 e. The van der Waals surface area contributed by atoms with Gasteiger partial charge in [-0.1, -0.05) is 13.8 Å². The quantitative estimate of drug-likeness (QED) is 0.618. The Hall–Kier alpha value is -0.830. The summed E-state index contributed by atoms with van der Waals surface area (Å²) in [5.41, 5.74) is 0. The summed E-state index contributed by atoms with van der Waals surface area (Å²) in [6.45, 7) is 3.98. The van der Waals surface area contributed by atoms with Gasteiger partial charge < -0.3 is 0 Å². The molecule has 1 aromatic carbocycles. The van der Waals surface area contributed by atoms with Gasteiger partial charge in [0.1, 0.15) is 5.82 Å². The zero-order chi connectivity index (χ0) is 12.7. The third kappa shape index (κ3) is 5.35. The second kappa shape index (κ2) is 7.49. The van der Waals surface area contributed by atoms with E-state index in [0.29, 0.717) is 6.42 Å². The zero-order valence-corrected chi connectivity index (χ0v) is 11.1. The molecule has 3 heteroatoms. The van der Waals surface area contributed by atoms with E-state index in [4.69, 9.17) is 0 Å².